The minimum Gasteiger partial charge on any atom is -0.465 e. The first-order valence-corrected chi connectivity index (χ1v) is 9.54. The quantitative estimate of drug-likeness (QED) is 0.624. The monoisotopic (exact) mass is 370 g/mol. The van der Waals surface area contributed by atoms with E-state index < -0.39 is 22.5 Å². The van der Waals surface area contributed by atoms with Crippen molar-refractivity contribution in [2.45, 2.75) is 11.8 Å². The average molecular weight is 370 g/mol. The number of carbonyl (C=O) groups excluding carboxylic acids is 1. The van der Waals surface area contributed by atoms with Gasteiger partial charge in [-0.05, 0) is 43.3 Å². The predicted octanol–water partition coefficient (Wildman–Crippen LogP) is 2.99. The van der Waals surface area contributed by atoms with Crippen LogP contribution in [0, 0.1) is 0 Å². The molecular formula is C19H18N2O4S. The predicted molar refractivity (Wildman–Crippen MR) is 99.3 cm³/mol. The van der Waals surface area contributed by atoms with Crippen LogP contribution in [0.4, 0.5) is 5.69 Å². The standard InChI is InChI=1S/C19H18N2O4S/c1-2-25-19(22)14-21(26(23,24)17-8-4-3-5-9-17)16-10-11-18-15(13-16)7-6-12-20-18/h3-13H,2,14H2,1H3. The van der Waals surface area contributed by atoms with E-state index in [1.54, 1.807) is 55.6 Å². The molecule has 7 heteroatoms. The van der Waals surface area contributed by atoms with Gasteiger partial charge in [0.15, 0.2) is 0 Å². The van der Waals surface area contributed by atoms with Crippen molar-refractivity contribution < 1.29 is 17.9 Å². The molecule has 1 heterocycles. The molecule has 6 nitrogen and oxygen atoms in total. The number of rotatable bonds is 6. The third kappa shape index (κ3) is 3.67. The zero-order valence-corrected chi connectivity index (χ0v) is 15.0. The van der Waals surface area contributed by atoms with Gasteiger partial charge in [-0.2, -0.15) is 0 Å². The van der Waals surface area contributed by atoms with Crippen molar-refractivity contribution in [2.24, 2.45) is 0 Å². The van der Waals surface area contributed by atoms with Gasteiger partial charge < -0.3 is 4.74 Å². The second-order valence-corrected chi connectivity index (χ2v) is 7.37. The molecule has 0 aliphatic heterocycles. The highest BCUT2D eigenvalue weighted by Gasteiger charge is 2.27. The highest BCUT2D eigenvalue weighted by atomic mass is 32.2. The van der Waals surface area contributed by atoms with Gasteiger partial charge in [0.1, 0.15) is 6.54 Å². The van der Waals surface area contributed by atoms with Crippen LogP contribution >= 0.6 is 0 Å². The van der Waals surface area contributed by atoms with Crippen LogP contribution in [0.3, 0.4) is 0 Å². The number of hydrogen-bond acceptors (Lipinski definition) is 5. The van der Waals surface area contributed by atoms with E-state index in [1.807, 2.05) is 6.07 Å². The fraction of sp³-hybridized carbons (Fsp3) is 0.158. The summed E-state index contributed by atoms with van der Waals surface area (Å²) in [6.07, 6.45) is 1.67. The number of anilines is 1. The highest BCUT2D eigenvalue weighted by Crippen LogP contribution is 2.26. The number of ether oxygens (including phenoxy) is 1. The first kappa shape index (κ1) is 17.9. The average Bonchev–Trinajstić information content (AvgIpc) is 2.66. The molecule has 2 aromatic carbocycles. The van der Waals surface area contributed by atoms with E-state index in [9.17, 15) is 13.2 Å². The molecule has 0 saturated heterocycles. The molecule has 0 bridgehead atoms. The van der Waals surface area contributed by atoms with Gasteiger partial charge in [-0.1, -0.05) is 24.3 Å². The van der Waals surface area contributed by atoms with Gasteiger partial charge in [0, 0.05) is 11.6 Å². The van der Waals surface area contributed by atoms with Crippen molar-refractivity contribution in [1.29, 1.82) is 0 Å². The van der Waals surface area contributed by atoms with Crippen LogP contribution in [0.5, 0.6) is 0 Å². The molecule has 26 heavy (non-hydrogen) atoms. The van der Waals surface area contributed by atoms with Gasteiger partial charge in [0.05, 0.1) is 22.7 Å². The molecule has 0 amide bonds. The Kier molecular flexibility index (Phi) is 5.18. The molecule has 3 rings (SSSR count). The van der Waals surface area contributed by atoms with E-state index in [-0.39, 0.29) is 11.5 Å². The molecule has 0 N–H and O–H groups in total. The molecule has 0 aliphatic carbocycles. The molecular weight excluding hydrogens is 352 g/mol. The van der Waals surface area contributed by atoms with Crippen molar-refractivity contribution in [1.82, 2.24) is 4.98 Å². The summed E-state index contributed by atoms with van der Waals surface area (Å²) < 4.78 is 32.2. The Balaban J connectivity index is 2.09. The smallest absolute Gasteiger partial charge is 0.326 e. The summed E-state index contributed by atoms with van der Waals surface area (Å²) in [5, 5.41) is 0.780. The number of benzene rings is 2. The summed E-state index contributed by atoms with van der Waals surface area (Å²) in [4.78, 5) is 16.4. The zero-order chi connectivity index (χ0) is 18.6. The lowest BCUT2D eigenvalue weighted by atomic mass is 10.2. The number of pyridine rings is 1. The Hall–Kier alpha value is -2.93. The molecule has 0 aliphatic rings. The van der Waals surface area contributed by atoms with E-state index in [0.29, 0.717) is 5.69 Å². The van der Waals surface area contributed by atoms with E-state index in [1.165, 1.54) is 12.1 Å². The third-order valence-electron chi connectivity index (χ3n) is 3.78. The van der Waals surface area contributed by atoms with E-state index in [0.717, 1.165) is 15.2 Å². The van der Waals surface area contributed by atoms with E-state index in [2.05, 4.69) is 4.98 Å². The summed E-state index contributed by atoms with van der Waals surface area (Å²) in [6.45, 7) is 1.45. The van der Waals surface area contributed by atoms with E-state index in [4.69, 9.17) is 4.74 Å². The molecule has 1 aromatic heterocycles. The van der Waals surface area contributed by atoms with Gasteiger partial charge in [0.25, 0.3) is 10.0 Å². The normalized spacial score (nSPS) is 11.3. The van der Waals surface area contributed by atoms with Crippen LogP contribution in [0.15, 0.2) is 71.8 Å². The van der Waals surface area contributed by atoms with Crippen molar-refractivity contribution in [3.63, 3.8) is 0 Å². The van der Waals surface area contributed by atoms with Crippen LogP contribution in [-0.4, -0.2) is 32.5 Å². The maximum absolute atomic E-state index is 13.1. The molecule has 0 atom stereocenters. The summed E-state index contributed by atoms with van der Waals surface area (Å²) >= 11 is 0. The lowest BCUT2D eigenvalue weighted by Gasteiger charge is -2.24. The lowest BCUT2D eigenvalue weighted by Crippen LogP contribution is -2.36. The lowest BCUT2D eigenvalue weighted by molar-refractivity contribution is -0.141. The Bertz CT molecular complexity index is 1020. The number of aromatic nitrogens is 1. The first-order chi connectivity index (χ1) is 12.5. The maximum Gasteiger partial charge on any atom is 0.326 e. The molecule has 0 radical (unpaired) electrons. The van der Waals surface area contributed by atoms with Crippen molar-refractivity contribution in [3.05, 3.63) is 66.9 Å². The summed E-state index contributed by atoms with van der Waals surface area (Å²) in [7, 11) is -3.92. The van der Waals surface area contributed by atoms with E-state index >= 15 is 0 Å². The van der Waals surface area contributed by atoms with Gasteiger partial charge in [-0.15, -0.1) is 0 Å². The number of carbonyl (C=O) groups is 1. The van der Waals surface area contributed by atoms with Gasteiger partial charge in [-0.25, -0.2) is 8.42 Å². The largest absolute Gasteiger partial charge is 0.465 e. The van der Waals surface area contributed by atoms with Crippen molar-refractivity contribution in [2.75, 3.05) is 17.5 Å². The van der Waals surface area contributed by atoms with Gasteiger partial charge in [0.2, 0.25) is 0 Å². The Labute approximate surface area is 152 Å². The topological polar surface area (TPSA) is 76.6 Å². The van der Waals surface area contributed by atoms with Crippen molar-refractivity contribution in [3.8, 4) is 0 Å². The first-order valence-electron chi connectivity index (χ1n) is 8.10. The summed E-state index contributed by atoms with van der Waals surface area (Å²) in [5.74, 6) is -0.613. The molecule has 0 unspecified atom stereocenters. The maximum atomic E-state index is 13.1. The second-order valence-electron chi connectivity index (χ2n) is 5.51. The van der Waals surface area contributed by atoms with Crippen LogP contribution in [0.1, 0.15) is 6.92 Å². The fourth-order valence-corrected chi connectivity index (χ4v) is 4.00. The molecule has 0 saturated carbocycles. The van der Waals surface area contributed by atoms with Gasteiger partial charge >= 0.3 is 5.97 Å². The second kappa shape index (κ2) is 7.53. The SMILES string of the molecule is CCOC(=O)CN(c1ccc2ncccc2c1)S(=O)(=O)c1ccccc1. The molecule has 0 spiro atoms. The van der Waals surface area contributed by atoms with Crippen LogP contribution in [-0.2, 0) is 19.6 Å². The van der Waals surface area contributed by atoms with Crippen molar-refractivity contribution >= 4 is 32.6 Å². The molecule has 134 valence electrons. The zero-order valence-electron chi connectivity index (χ0n) is 14.2. The number of nitrogens with zero attached hydrogens (tertiary/aromatic N) is 2. The molecule has 0 fully saturated rings. The minimum atomic E-state index is -3.92. The highest BCUT2D eigenvalue weighted by molar-refractivity contribution is 7.92. The third-order valence-corrected chi connectivity index (χ3v) is 5.57. The fourth-order valence-electron chi connectivity index (χ4n) is 2.58. The summed E-state index contributed by atoms with van der Waals surface area (Å²) in [6, 6.07) is 16.7. The number of esters is 1. The van der Waals surface area contributed by atoms with Crippen LogP contribution in [0.2, 0.25) is 0 Å². The Morgan fingerprint density at radius 1 is 1.08 bits per heavy atom. The Morgan fingerprint density at radius 2 is 1.85 bits per heavy atom. The summed E-state index contributed by atoms with van der Waals surface area (Å²) in [5.41, 5.74) is 1.12. The van der Waals surface area contributed by atoms with Crippen LogP contribution < -0.4 is 4.31 Å². The Morgan fingerprint density at radius 3 is 2.58 bits per heavy atom. The minimum absolute atomic E-state index is 0.107. The van der Waals surface area contributed by atoms with Gasteiger partial charge in [-0.3, -0.25) is 14.1 Å². The number of fused-ring (bicyclic) bond motifs is 1. The molecule has 3 aromatic rings. The number of sulfonamides is 1. The van der Waals surface area contributed by atoms with Crippen LogP contribution in [0.25, 0.3) is 10.9 Å². The number of hydrogen-bond donors (Lipinski definition) is 0.